The van der Waals surface area contributed by atoms with E-state index in [9.17, 15) is 9.00 Å². The van der Waals surface area contributed by atoms with E-state index in [2.05, 4.69) is 22.1 Å². The van der Waals surface area contributed by atoms with Gasteiger partial charge in [0.1, 0.15) is 0 Å². The number of rotatable bonds is 2. The quantitative estimate of drug-likeness (QED) is 0.753. The summed E-state index contributed by atoms with van der Waals surface area (Å²) in [4.78, 5) is 16.1. The Morgan fingerprint density at radius 2 is 2.20 bits per heavy atom. The SMILES string of the molecule is NCC#Cc1cncc(C(=O)NC2CCS(=O)CC2)c1. The number of carbonyl (C=O) groups is 1. The molecule has 0 unspecified atom stereocenters. The number of nitrogens with one attached hydrogen (secondary N) is 1. The van der Waals surface area contributed by atoms with E-state index in [1.807, 2.05) is 0 Å². The Kier molecular flexibility index (Phi) is 5.27. The zero-order valence-corrected chi connectivity index (χ0v) is 11.9. The van der Waals surface area contributed by atoms with E-state index in [1.165, 1.54) is 6.20 Å². The molecule has 1 aliphatic rings. The molecule has 5 nitrogen and oxygen atoms in total. The average molecular weight is 291 g/mol. The first-order valence-electron chi connectivity index (χ1n) is 6.49. The van der Waals surface area contributed by atoms with Crippen molar-refractivity contribution in [2.45, 2.75) is 18.9 Å². The monoisotopic (exact) mass is 291 g/mol. The molecule has 106 valence electrons. The molecule has 0 aromatic carbocycles. The van der Waals surface area contributed by atoms with Crippen LogP contribution in [-0.2, 0) is 10.8 Å². The lowest BCUT2D eigenvalue weighted by Gasteiger charge is -2.22. The fourth-order valence-electron chi connectivity index (χ4n) is 1.99. The Hall–Kier alpha value is -1.71. The summed E-state index contributed by atoms with van der Waals surface area (Å²) in [6, 6.07) is 1.80. The van der Waals surface area contributed by atoms with Gasteiger partial charge in [0.25, 0.3) is 5.91 Å². The molecule has 0 bridgehead atoms. The van der Waals surface area contributed by atoms with Gasteiger partial charge in [0, 0.05) is 46.3 Å². The summed E-state index contributed by atoms with van der Waals surface area (Å²) >= 11 is 0. The van der Waals surface area contributed by atoms with Crippen molar-refractivity contribution in [2.24, 2.45) is 5.73 Å². The summed E-state index contributed by atoms with van der Waals surface area (Å²) in [7, 11) is -0.721. The van der Waals surface area contributed by atoms with Gasteiger partial charge in [0.15, 0.2) is 0 Å². The van der Waals surface area contributed by atoms with Gasteiger partial charge in [-0.3, -0.25) is 14.0 Å². The van der Waals surface area contributed by atoms with E-state index < -0.39 is 10.8 Å². The van der Waals surface area contributed by atoms with Crippen LogP contribution >= 0.6 is 0 Å². The fourth-order valence-corrected chi connectivity index (χ4v) is 3.29. The van der Waals surface area contributed by atoms with Crippen LogP contribution in [0.25, 0.3) is 0 Å². The molecule has 2 rings (SSSR count). The van der Waals surface area contributed by atoms with E-state index in [0.29, 0.717) is 22.6 Å². The molecule has 0 aliphatic carbocycles. The van der Waals surface area contributed by atoms with E-state index >= 15 is 0 Å². The third kappa shape index (κ3) is 4.15. The maximum atomic E-state index is 12.1. The number of aromatic nitrogens is 1. The third-order valence-electron chi connectivity index (χ3n) is 3.06. The second-order valence-electron chi connectivity index (χ2n) is 4.56. The van der Waals surface area contributed by atoms with E-state index in [4.69, 9.17) is 5.73 Å². The zero-order chi connectivity index (χ0) is 14.4. The highest BCUT2D eigenvalue weighted by atomic mass is 32.2. The van der Waals surface area contributed by atoms with Gasteiger partial charge in [0.2, 0.25) is 0 Å². The van der Waals surface area contributed by atoms with Crippen LogP contribution in [0.2, 0.25) is 0 Å². The van der Waals surface area contributed by atoms with Gasteiger partial charge in [-0.1, -0.05) is 11.8 Å². The van der Waals surface area contributed by atoms with Crippen molar-refractivity contribution in [2.75, 3.05) is 18.1 Å². The van der Waals surface area contributed by atoms with Gasteiger partial charge in [-0.15, -0.1) is 0 Å². The van der Waals surface area contributed by atoms with Gasteiger partial charge in [0.05, 0.1) is 12.1 Å². The van der Waals surface area contributed by atoms with Crippen LogP contribution in [-0.4, -0.2) is 39.2 Å². The van der Waals surface area contributed by atoms with E-state index in [1.54, 1.807) is 12.3 Å². The Labute approximate surface area is 120 Å². The summed E-state index contributed by atoms with van der Waals surface area (Å²) in [6.07, 6.45) is 4.64. The lowest BCUT2D eigenvalue weighted by Crippen LogP contribution is -2.39. The molecule has 1 saturated heterocycles. The number of nitrogens with zero attached hydrogens (tertiary/aromatic N) is 1. The second-order valence-corrected chi connectivity index (χ2v) is 6.26. The Bertz CT molecular complexity index is 567. The molecule has 3 N–H and O–H groups in total. The summed E-state index contributed by atoms with van der Waals surface area (Å²) in [5.74, 6) is 6.74. The number of hydrogen-bond acceptors (Lipinski definition) is 4. The van der Waals surface area contributed by atoms with E-state index in [-0.39, 0.29) is 18.5 Å². The summed E-state index contributed by atoms with van der Waals surface area (Å²) < 4.78 is 11.3. The van der Waals surface area contributed by atoms with Crippen LogP contribution in [0.1, 0.15) is 28.8 Å². The first-order valence-corrected chi connectivity index (χ1v) is 7.97. The minimum atomic E-state index is -0.721. The molecule has 1 aromatic heterocycles. The molecule has 0 spiro atoms. The predicted molar refractivity (Wildman–Crippen MR) is 78.5 cm³/mol. The van der Waals surface area contributed by atoms with Crippen molar-refractivity contribution in [1.82, 2.24) is 10.3 Å². The van der Waals surface area contributed by atoms with Gasteiger partial charge >= 0.3 is 0 Å². The first kappa shape index (κ1) is 14.7. The largest absolute Gasteiger partial charge is 0.349 e. The first-order chi connectivity index (χ1) is 9.69. The van der Waals surface area contributed by atoms with Crippen LogP contribution in [0.4, 0.5) is 0 Å². The maximum Gasteiger partial charge on any atom is 0.253 e. The van der Waals surface area contributed by atoms with Crippen LogP contribution in [0.15, 0.2) is 18.5 Å². The van der Waals surface area contributed by atoms with Crippen molar-refractivity contribution in [3.63, 3.8) is 0 Å². The molecule has 2 heterocycles. The molecule has 0 atom stereocenters. The molecular weight excluding hydrogens is 274 g/mol. The van der Waals surface area contributed by atoms with Crippen molar-refractivity contribution in [3.8, 4) is 11.8 Å². The van der Waals surface area contributed by atoms with Crippen LogP contribution < -0.4 is 11.1 Å². The standard InChI is InChI=1S/C14H17N3O2S/c15-5-1-2-11-8-12(10-16-9-11)14(18)17-13-3-6-20(19)7-4-13/h8-10,13H,3-7,15H2,(H,17,18). The zero-order valence-electron chi connectivity index (χ0n) is 11.1. The van der Waals surface area contributed by atoms with Crippen molar-refractivity contribution in [1.29, 1.82) is 0 Å². The van der Waals surface area contributed by atoms with Crippen LogP contribution in [0, 0.1) is 11.8 Å². The molecule has 0 saturated carbocycles. The molecule has 1 fully saturated rings. The average Bonchev–Trinajstić information content (AvgIpc) is 2.48. The summed E-state index contributed by atoms with van der Waals surface area (Å²) in [6.45, 7) is 0.273. The van der Waals surface area contributed by atoms with Crippen molar-refractivity contribution < 1.29 is 9.00 Å². The lowest BCUT2D eigenvalue weighted by molar-refractivity contribution is 0.0934. The number of amides is 1. The Morgan fingerprint density at radius 3 is 2.90 bits per heavy atom. The second kappa shape index (κ2) is 7.17. The van der Waals surface area contributed by atoms with Crippen molar-refractivity contribution in [3.05, 3.63) is 29.6 Å². The number of carbonyl (C=O) groups excluding carboxylic acids is 1. The number of hydrogen-bond donors (Lipinski definition) is 2. The highest BCUT2D eigenvalue weighted by Gasteiger charge is 2.20. The lowest BCUT2D eigenvalue weighted by atomic mass is 10.1. The van der Waals surface area contributed by atoms with Gasteiger partial charge in [-0.2, -0.15) is 0 Å². The van der Waals surface area contributed by atoms with Crippen molar-refractivity contribution >= 4 is 16.7 Å². The predicted octanol–water partition coefficient (Wildman–Crippen LogP) is 0.0327. The molecule has 1 aliphatic heterocycles. The minimum absolute atomic E-state index is 0.0963. The summed E-state index contributed by atoms with van der Waals surface area (Å²) in [5, 5.41) is 2.95. The Morgan fingerprint density at radius 1 is 1.45 bits per heavy atom. The highest BCUT2D eigenvalue weighted by molar-refractivity contribution is 7.85. The maximum absolute atomic E-state index is 12.1. The molecular formula is C14H17N3O2S. The van der Waals surface area contributed by atoms with Gasteiger partial charge in [-0.25, -0.2) is 0 Å². The number of pyridine rings is 1. The highest BCUT2D eigenvalue weighted by Crippen LogP contribution is 2.10. The molecule has 6 heteroatoms. The molecule has 1 aromatic rings. The van der Waals surface area contributed by atoms with E-state index in [0.717, 1.165) is 12.8 Å². The normalized spacial score (nSPS) is 21.6. The number of nitrogens with two attached hydrogens (primary N) is 1. The molecule has 0 radical (unpaired) electrons. The molecule has 1 amide bonds. The van der Waals surface area contributed by atoms with Gasteiger partial charge in [-0.05, 0) is 18.9 Å². The summed E-state index contributed by atoms with van der Waals surface area (Å²) in [5.41, 5.74) is 6.47. The fraction of sp³-hybridized carbons (Fsp3) is 0.429. The topological polar surface area (TPSA) is 85.1 Å². The minimum Gasteiger partial charge on any atom is -0.349 e. The van der Waals surface area contributed by atoms with Crippen LogP contribution in [0.5, 0.6) is 0 Å². The smallest absolute Gasteiger partial charge is 0.253 e. The third-order valence-corrected chi connectivity index (χ3v) is 4.44. The van der Waals surface area contributed by atoms with Crippen LogP contribution in [0.3, 0.4) is 0 Å². The Balaban J connectivity index is 2.00. The van der Waals surface area contributed by atoms with Gasteiger partial charge < -0.3 is 11.1 Å². The molecule has 20 heavy (non-hydrogen) atoms.